The van der Waals surface area contributed by atoms with Crippen LogP contribution in [0.25, 0.3) is 27.6 Å². The molecule has 0 bridgehead atoms. The summed E-state index contributed by atoms with van der Waals surface area (Å²) < 4.78 is 18.0. The number of aromatic hydroxyl groups is 2. The van der Waals surface area contributed by atoms with Gasteiger partial charge in [-0.1, -0.05) is 18.2 Å². The van der Waals surface area contributed by atoms with Gasteiger partial charge >= 0.3 is 0 Å². The number of ether oxygens (including phenoxy) is 3. The second kappa shape index (κ2) is 9.70. The molecule has 2 N–H and O–H groups in total. The average Bonchev–Trinajstić information content (AvgIpc) is 3.03. The third-order valence-corrected chi connectivity index (χ3v) is 8.59. The molecule has 10 nitrogen and oxygen atoms in total. The van der Waals surface area contributed by atoms with Crippen LogP contribution in [0.1, 0.15) is 48.5 Å². The van der Waals surface area contributed by atoms with Crippen molar-refractivity contribution in [2.24, 2.45) is 0 Å². The Morgan fingerprint density at radius 3 is 2.18 bits per heavy atom. The fraction of sp³-hybridized carbons (Fsp3) is 0.176. The van der Waals surface area contributed by atoms with Crippen LogP contribution in [-0.2, 0) is 12.8 Å². The number of fused-ring (bicyclic) bond motifs is 6. The predicted octanol–water partition coefficient (Wildman–Crippen LogP) is 4.67. The second-order valence-electron chi connectivity index (χ2n) is 10.7. The fourth-order valence-corrected chi connectivity index (χ4v) is 6.64. The molecule has 5 aromatic rings. The Morgan fingerprint density at radius 2 is 1.50 bits per heavy atom. The number of phenols is 2. The first-order valence-electron chi connectivity index (χ1n) is 13.9. The minimum Gasteiger partial charge on any atom is -0.506 e. The number of aromatic nitrogens is 2. The van der Waals surface area contributed by atoms with Crippen molar-refractivity contribution in [3.05, 3.63) is 98.0 Å². The molecule has 0 fully saturated rings. The molecule has 0 amide bonds. The summed E-state index contributed by atoms with van der Waals surface area (Å²) in [5.74, 6) is -1.36. The lowest BCUT2D eigenvalue weighted by molar-refractivity contribution is 0.0971. The summed E-state index contributed by atoms with van der Waals surface area (Å²) in [4.78, 5) is 42.0. The van der Waals surface area contributed by atoms with E-state index >= 15 is 0 Å². The number of nitrogens with zero attached hydrogens (tertiary/aromatic N) is 2. The van der Waals surface area contributed by atoms with Gasteiger partial charge in [-0.15, -0.1) is 0 Å². The molecule has 0 radical (unpaired) electrons. The van der Waals surface area contributed by atoms with Gasteiger partial charge in [-0.3, -0.25) is 14.4 Å². The van der Waals surface area contributed by atoms with E-state index in [0.717, 1.165) is 0 Å². The molecule has 1 aromatic heterocycles. The Kier molecular flexibility index (Phi) is 6.00. The van der Waals surface area contributed by atoms with E-state index in [4.69, 9.17) is 14.2 Å². The maximum atomic E-state index is 14.1. The zero-order valence-electron chi connectivity index (χ0n) is 24.3. The predicted molar refractivity (Wildman–Crippen MR) is 161 cm³/mol. The zero-order chi connectivity index (χ0) is 31.0. The molecule has 0 spiro atoms. The number of carbonyl (C=O) groups is 2. The quantitative estimate of drug-likeness (QED) is 0.300. The van der Waals surface area contributed by atoms with Crippen LogP contribution in [0.2, 0.25) is 0 Å². The van der Waals surface area contributed by atoms with Crippen molar-refractivity contribution < 1.29 is 34.0 Å². The third kappa shape index (κ3) is 3.48. The highest BCUT2D eigenvalue weighted by Gasteiger charge is 2.42. The number of para-hydroxylation sites is 1. The Bertz CT molecular complexity index is 2170. The van der Waals surface area contributed by atoms with Crippen LogP contribution in [-0.4, -0.2) is 52.9 Å². The van der Waals surface area contributed by atoms with Gasteiger partial charge in [-0.25, -0.2) is 0 Å². The van der Waals surface area contributed by atoms with E-state index in [-0.39, 0.29) is 56.0 Å². The van der Waals surface area contributed by atoms with E-state index < -0.39 is 22.9 Å². The molecule has 0 atom stereocenters. The fourth-order valence-electron chi connectivity index (χ4n) is 6.64. The SMILES string of the molecule is COc1cc2c(c(OC)c1C)C(=O)c1c(OC)c3c(c(O)c1C2=O)-c1c(cc2cnn(-c4ccccc4)c(=O)c2c1O)CC3. The summed E-state index contributed by atoms with van der Waals surface area (Å²) in [6.07, 6.45) is 2.24. The summed E-state index contributed by atoms with van der Waals surface area (Å²) >= 11 is 0. The number of rotatable bonds is 4. The summed E-state index contributed by atoms with van der Waals surface area (Å²) in [5.41, 5.74) is 1.66. The molecule has 0 saturated carbocycles. The van der Waals surface area contributed by atoms with E-state index in [1.165, 1.54) is 38.3 Å². The first kappa shape index (κ1) is 27.2. The van der Waals surface area contributed by atoms with Crippen molar-refractivity contribution in [3.63, 3.8) is 0 Å². The molecule has 0 unspecified atom stereocenters. The highest BCUT2D eigenvalue weighted by Crippen LogP contribution is 2.54. The number of methoxy groups -OCH3 is 3. The van der Waals surface area contributed by atoms with E-state index in [1.54, 1.807) is 37.3 Å². The molecule has 7 rings (SSSR count). The van der Waals surface area contributed by atoms with Crippen molar-refractivity contribution in [2.45, 2.75) is 19.8 Å². The molecule has 4 aromatic carbocycles. The molecular weight excluding hydrogens is 564 g/mol. The second-order valence-corrected chi connectivity index (χ2v) is 10.7. The molecule has 2 aliphatic carbocycles. The van der Waals surface area contributed by atoms with Crippen molar-refractivity contribution in [3.8, 4) is 45.6 Å². The molecule has 10 heteroatoms. The lowest BCUT2D eigenvalue weighted by atomic mass is 9.75. The minimum absolute atomic E-state index is 0.00392. The topological polar surface area (TPSA) is 137 Å². The largest absolute Gasteiger partial charge is 0.506 e. The monoisotopic (exact) mass is 590 g/mol. The number of ketones is 2. The van der Waals surface area contributed by atoms with Gasteiger partial charge < -0.3 is 24.4 Å². The first-order chi connectivity index (χ1) is 21.2. The smallest absolute Gasteiger partial charge is 0.283 e. The average molecular weight is 591 g/mol. The van der Waals surface area contributed by atoms with Crippen molar-refractivity contribution in [2.75, 3.05) is 21.3 Å². The molecule has 2 aliphatic rings. The summed E-state index contributed by atoms with van der Waals surface area (Å²) in [6.45, 7) is 1.72. The molecule has 0 aliphatic heterocycles. The van der Waals surface area contributed by atoms with Crippen LogP contribution in [0.3, 0.4) is 0 Å². The van der Waals surface area contributed by atoms with Gasteiger partial charge in [0, 0.05) is 33.2 Å². The van der Waals surface area contributed by atoms with Gasteiger partial charge in [0.2, 0.25) is 5.78 Å². The number of benzene rings is 4. The van der Waals surface area contributed by atoms with Crippen LogP contribution in [0.4, 0.5) is 0 Å². The first-order valence-corrected chi connectivity index (χ1v) is 13.9. The van der Waals surface area contributed by atoms with Crippen LogP contribution >= 0.6 is 0 Å². The van der Waals surface area contributed by atoms with Gasteiger partial charge in [0.1, 0.15) is 28.7 Å². The van der Waals surface area contributed by atoms with E-state index in [0.29, 0.717) is 46.4 Å². The number of hydrogen-bond donors (Lipinski definition) is 2. The van der Waals surface area contributed by atoms with Gasteiger partial charge in [0.05, 0.1) is 55.3 Å². The summed E-state index contributed by atoms with van der Waals surface area (Å²) in [6, 6.07) is 12.0. The Labute approximate surface area is 250 Å². The third-order valence-electron chi connectivity index (χ3n) is 8.59. The van der Waals surface area contributed by atoms with Crippen LogP contribution in [0.5, 0.6) is 28.7 Å². The molecule has 1 heterocycles. The molecule has 44 heavy (non-hydrogen) atoms. The molecular formula is C34H26N2O8. The van der Waals surface area contributed by atoms with Gasteiger partial charge in [0.15, 0.2) is 5.78 Å². The normalized spacial score (nSPS) is 13.2. The van der Waals surface area contributed by atoms with Crippen molar-refractivity contribution in [1.29, 1.82) is 0 Å². The van der Waals surface area contributed by atoms with Gasteiger partial charge in [-0.2, -0.15) is 9.78 Å². The lowest BCUT2D eigenvalue weighted by Gasteiger charge is -2.30. The van der Waals surface area contributed by atoms with Crippen molar-refractivity contribution in [1.82, 2.24) is 9.78 Å². The van der Waals surface area contributed by atoms with Crippen LogP contribution in [0.15, 0.2) is 53.5 Å². The highest BCUT2D eigenvalue weighted by molar-refractivity contribution is 6.32. The molecule has 220 valence electrons. The van der Waals surface area contributed by atoms with Gasteiger partial charge in [0.25, 0.3) is 5.56 Å². The summed E-state index contributed by atoms with van der Waals surface area (Å²) in [5, 5.41) is 28.4. The number of aryl methyl sites for hydroxylation is 1. The van der Waals surface area contributed by atoms with Crippen LogP contribution in [0, 0.1) is 6.92 Å². The number of hydrogen-bond acceptors (Lipinski definition) is 9. The highest BCUT2D eigenvalue weighted by atomic mass is 16.5. The van der Waals surface area contributed by atoms with Crippen LogP contribution < -0.4 is 19.8 Å². The zero-order valence-corrected chi connectivity index (χ0v) is 24.3. The summed E-state index contributed by atoms with van der Waals surface area (Å²) in [7, 11) is 4.23. The maximum Gasteiger partial charge on any atom is 0.283 e. The molecule has 0 saturated heterocycles. The maximum absolute atomic E-state index is 14.1. The standard InChI is InChI=1S/C34H26N2O8/c1-15-21(42-2)13-20-25(32(15)43-3)31(40)27-26(28(20)37)30(39)24-19(33(27)44-4)11-10-16-12-17-14-35-36(18-8-6-5-7-9-18)34(41)23(17)29(38)22(16)24/h5-9,12-14,38-39H,10-11H2,1-4H3. The minimum atomic E-state index is -0.632. The van der Waals surface area contributed by atoms with Crippen molar-refractivity contribution >= 4 is 22.3 Å². The lowest BCUT2D eigenvalue weighted by Crippen LogP contribution is -2.25. The van der Waals surface area contributed by atoms with E-state index in [9.17, 15) is 24.6 Å². The Hall–Kier alpha value is -5.64. The Morgan fingerprint density at radius 1 is 0.773 bits per heavy atom. The Balaban J connectivity index is 1.54. The number of phenolic OH excluding ortho intramolecular Hbond substituents is 2. The van der Waals surface area contributed by atoms with E-state index in [2.05, 4.69) is 5.10 Å². The number of carbonyl (C=O) groups excluding carboxylic acids is 2. The van der Waals surface area contributed by atoms with E-state index in [1.807, 2.05) is 6.07 Å². The van der Waals surface area contributed by atoms with Gasteiger partial charge in [-0.05, 0) is 49.6 Å².